The number of carbonyl (C=O) groups excluding carboxylic acids is 3. The van der Waals surface area contributed by atoms with E-state index in [9.17, 15) is 27.6 Å². The Morgan fingerprint density at radius 1 is 0.935 bits per heavy atom. The first kappa shape index (κ1) is 23.9. The molecule has 0 spiro atoms. The predicted octanol–water partition coefficient (Wildman–Crippen LogP) is 3.65. The molecule has 0 aromatic heterocycles. The standard InChI is InChI=1S/C22H23F3N2O4/c1-4-31-20(30)21(2,3)19(29)27-26-18(28)17-8-6-5-7-15(17)13-14-9-11-16(12-10-14)22(23,24)25/h5-12H,4,13H2,1-3H3,(H,26,28)(H,27,29). The summed E-state index contributed by atoms with van der Waals surface area (Å²) in [6, 6.07) is 11.2. The van der Waals surface area contributed by atoms with Crippen LogP contribution in [0.3, 0.4) is 0 Å². The third kappa shape index (κ3) is 6.07. The lowest BCUT2D eigenvalue weighted by Crippen LogP contribution is -2.50. The fourth-order valence-electron chi connectivity index (χ4n) is 2.67. The van der Waals surface area contributed by atoms with Crippen molar-refractivity contribution in [1.82, 2.24) is 10.9 Å². The largest absolute Gasteiger partial charge is 0.465 e. The molecular formula is C22H23F3N2O4. The van der Waals surface area contributed by atoms with E-state index in [0.717, 1.165) is 12.1 Å². The molecule has 0 radical (unpaired) electrons. The highest BCUT2D eigenvalue weighted by molar-refractivity contribution is 6.03. The zero-order valence-electron chi connectivity index (χ0n) is 17.3. The Morgan fingerprint density at radius 2 is 1.55 bits per heavy atom. The molecule has 2 aromatic rings. The molecule has 0 aliphatic carbocycles. The lowest BCUT2D eigenvalue weighted by atomic mass is 9.93. The number of nitrogens with one attached hydrogen (secondary N) is 2. The monoisotopic (exact) mass is 436 g/mol. The highest BCUT2D eigenvalue weighted by Crippen LogP contribution is 2.29. The van der Waals surface area contributed by atoms with Crippen LogP contribution in [0.25, 0.3) is 0 Å². The highest BCUT2D eigenvalue weighted by Gasteiger charge is 2.38. The van der Waals surface area contributed by atoms with Crippen LogP contribution in [0.4, 0.5) is 13.2 Å². The van der Waals surface area contributed by atoms with Gasteiger partial charge in [-0.2, -0.15) is 13.2 Å². The molecule has 2 amide bonds. The van der Waals surface area contributed by atoms with Gasteiger partial charge in [-0.25, -0.2) is 0 Å². The molecule has 6 nitrogen and oxygen atoms in total. The number of hydrogen-bond acceptors (Lipinski definition) is 4. The Morgan fingerprint density at radius 3 is 2.13 bits per heavy atom. The van der Waals surface area contributed by atoms with E-state index in [-0.39, 0.29) is 18.6 Å². The molecule has 0 aliphatic rings. The number of hydrogen-bond donors (Lipinski definition) is 2. The van der Waals surface area contributed by atoms with E-state index in [1.165, 1.54) is 32.0 Å². The molecule has 0 saturated heterocycles. The maximum absolute atomic E-state index is 12.7. The smallest absolute Gasteiger partial charge is 0.416 e. The van der Waals surface area contributed by atoms with Crippen molar-refractivity contribution in [3.8, 4) is 0 Å². The number of hydrazine groups is 1. The van der Waals surface area contributed by atoms with Gasteiger partial charge < -0.3 is 4.74 Å². The van der Waals surface area contributed by atoms with Gasteiger partial charge in [-0.1, -0.05) is 30.3 Å². The van der Waals surface area contributed by atoms with Crippen LogP contribution in [0, 0.1) is 5.41 Å². The number of amides is 2. The van der Waals surface area contributed by atoms with E-state index in [4.69, 9.17) is 4.74 Å². The summed E-state index contributed by atoms with van der Waals surface area (Å²) in [7, 11) is 0. The van der Waals surface area contributed by atoms with Gasteiger partial charge >= 0.3 is 12.1 Å². The van der Waals surface area contributed by atoms with Gasteiger partial charge in [0, 0.05) is 5.56 Å². The zero-order valence-corrected chi connectivity index (χ0v) is 17.3. The normalized spacial score (nSPS) is 11.5. The van der Waals surface area contributed by atoms with E-state index in [2.05, 4.69) is 10.9 Å². The van der Waals surface area contributed by atoms with Crippen molar-refractivity contribution in [3.63, 3.8) is 0 Å². The van der Waals surface area contributed by atoms with E-state index >= 15 is 0 Å². The van der Waals surface area contributed by atoms with E-state index in [1.54, 1.807) is 25.1 Å². The van der Waals surface area contributed by atoms with Crippen molar-refractivity contribution < 1.29 is 32.3 Å². The molecule has 166 valence electrons. The third-order valence-corrected chi connectivity index (χ3v) is 4.58. The van der Waals surface area contributed by atoms with Crippen LogP contribution in [0.15, 0.2) is 48.5 Å². The summed E-state index contributed by atoms with van der Waals surface area (Å²) in [6.45, 7) is 4.45. The van der Waals surface area contributed by atoms with Crippen LogP contribution >= 0.6 is 0 Å². The first-order valence-corrected chi connectivity index (χ1v) is 9.49. The van der Waals surface area contributed by atoms with E-state index in [0.29, 0.717) is 11.1 Å². The molecule has 2 N–H and O–H groups in total. The Kier molecular flexibility index (Phi) is 7.43. The molecule has 2 rings (SSSR count). The van der Waals surface area contributed by atoms with Crippen molar-refractivity contribution >= 4 is 17.8 Å². The van der Waals surface area contributed by atoms with Crippen LogP contribution in [-0.2, 0) is 26.9 Å². The van der Waals surface area contributed by atoms with E-state index < -0.39 is 34.9 Å². The molecule has 2 aromatic carbocycles. The summed E-state index contributed by atoms with van der Waals surface area (Å²) >= 11 is 0. The molecule has 0 bridgehead atoms. The first-order chi connectivity index (χ1) is 14.5. The Bertz CT molecular complexity index is 954. The molecule has 0 unspecified atom stereocenters. The van der Waals surface area contributed by atoms with Gasteiger partial charge in [-0.05, 0) is 56.5 Å². The van der Waals surface area contributed by atoms with Crippen LogP contribution in [-0.4, -0.2) is 24.4 Å². The number of esters is 1. The van der Waals surface area contributed by atoms with Crippen LogP contribution in [0.2, 0.25) is 0 Å². The summed E-state index contributed by atoms with van der Waals surface area (Å²) < 4.78 is 43.0. The zero-order chi connectivity index (χ0) is 23.2. The molecular weight excluding hydrogens is 413 g/mol. The molecule has 0 fully saturated rings. The predicted molar refractivity (Wildman–Crippen MR) is 107 cm³/mol. The fraction of sp³-hybridized carbons (Fsp3) is 0.318. The average Bonchev–Trinajstić information content (AvgIpc) is 2.72. The minimum Gasteiger partial charge on any atom is -0.465 e. The average molecular weight is 436 g/mol. The number of carbonyl (C=O) groups is 3. The maximum Gasteiger partial charge on any atom is 0.416 e. The van der Waals surface area contributed by atoms with E-state index in [1.807, 2.05) is 0 Å². The second-order valence-corrected chi connectivity index (χ2v) is 7.28. The van der Waals surface area contributed by atoms with Crippen molar-refractivity contribution in [3.05, 3.63) is 70.8 Å². The number of alkyl halides is 3. The highest BCUT2D eigenvalue weighted by atomic mass is 19.4. The minimum absolute atomic E-state index is 0.110. The van der Waals surface area contributed by atoms with Crippen LogP contribution in [0.5, 0.6) is 0 Å². The van der Waals surface area contributed by atoms with Gasteiger partial charge in [-0.15, -0.1) is 0 Å². The van der Waals surface area contributed by atoms with Gasteiger partial charge in [0.2, 0.25) is 0 Å². The lowest BCUT2D eigenvalue weighted by Gasteiger charge is -2.21. The van der Waals surface area contributed by atoms with Crippen molar-refractivity contribution in [2.45, 2.75) is 33.4 Å². The van der Waals surface area contributed by atoms with Crippen molar-refractivity contribution in [1.29, 1.82) is 0 Å². The number of rotatable bonds is 6. The topological polar surface area (TPSA) is 84.5 Å². The maximum atomic E-state index is 12.7. The number of ether oxygens (including phenoxy) is 1. The fourth-order valence-corrected chi connectivity index (χ4v) is 2.67. The Hall–Kier alpha value is -3.36. The first-order valence-electron chi connectivity index (χ1n) is 9.49. The SMILES string of the molecule is CCOC(=O)C(C)(C)C(=O)NNC(=O)c1ccccc1Cc1ccc(C(F)(F)F)cc1. The Labute approximate surface area is 177 Å². The molecule has 0 heterocycles. The van der Waals surface area contributed by atoms with Gasteiger partial charge in [0.25, 0.3) is 11.8 Å². The quantitative estimate of drug-likeness (QED) is 0.411. The van der Waals surface area contributed by atoms with Crippen molar-refractivity contribution in [2.75, 3.05) is 6.61 Å². The summed E-state index contributed by atoms with van der Waals surface area (Å²) in [6.07, 6.45) is -4.21. The summed E-state index contributed by atoms with van der Waals surface area (Å²) in [5.41, 5.74) is 3.58. The minimum atomic E-state index is -4.42. The van der Waals surface area contributed by atoms with Crippen LogP contribution < -0.4 is 10.9 Å². The lowest BCUT2D eigenvalue weighted by molar-refractivity contribution is -0.158. The Balaban J connectivity index is 2.10. The van der Waals surface area contributed by atoms with Crippen LogP contribution in [0.1, 0.15) is 47.8 Å². The third-order valence-electron chi connectivity index (χ3n) is 4.58. The molecule has 0 saturated carbocycles. The van der Waals surface area contributed by atoms with Crippen molar-refractivity contribution in [2.24, 2.45) is 5.41 Å². The van der Waals surface area contributed by atoms with Gasteiger partial charge in [0.15, 0.2) is 0 Å². The second kappa shape index (κ2) is 9.63. The van der Waals surface area contributed by atoms with Gasteiger partial charge in [0.05, 0.1) is 12.2 Å². The summed E-state index contributed by atoms with van der Waals surface area (Å²) in [5, 5.41) is 0. The molecule has 0 atom stereocenters. The number of benzene rings is 2. The molecule has 31 heavy (non-hydrogen) atoms. The molecule has 0 aliphatic heterocycles. The second-order valence-electron chi connectivity index (χ2n) is 7.28. The molecule has 9 heteroatoms. The van der Waals surface area contributed by atoms with Gasteiger partial charge in [0.1, 0.15) is 5.41 Å². The summed E-state index contributed by atoms with van der Waals surface area (Å²) in [4.78, 5) is 36.8. The van der Waals surface area contributed by atoms with Gasteiger partial charge in [-0.3, -0.25) is 25.2 Å². The number of halogens is 3. The summed E-state index contributed by atoms with van der Waals surface area (Å²) in [5.74, 6) is -2.11.